The zero-order chi connectivity index (χ0) is 33.2. The molecule has 0 spiro atoms. The van der Waals surface area contributed by atoms with Crippen molar-refractivity contribution in [3.63, 3.8) is 0 Å². The Labute approximate surface area is 286 Å². The molecule has 0 bridgehead atoms. The summed E-state index contributed by atoms with van der Waals surface area (Å²) in [6.45, 7) is 6.61. The summed E-state index contributed by atoms with van der Waals surface area (Å²) in [5.41, 5.74) is 3.06. The molecule has 3 heterocycles. The van der Waals surface area contributed by atoms with Crippen molar-refractivity contribution >= 4 is 42.7 Å². The summed E-state index contributed by atoms with van der Waals surface area (Å²) in [6.07, 6.45) is 10.4. The molecular formula is C35H50ClN5O4S2. The molecule has 1 saturated carbocycles. The Kier molecular flexibility index (Phi) is 11.0. The van der Waals surface area contributed by atoms with E-state index in [0.717, 1.165) is 54.5 Å². The van der Waals surface area contributed by atoms with Gasteiger partial charge in [-0.05, 0) is 105 Å². The summed E-state index contributed by atoms with van der Waals surface area (Å²) in [4.78, 5) is 2.75. The van der Waals surface area contributed by atoms with Crippen molar-refractivity contribution in [1.29, 1.82) is 0 Å². The Morgan fingerprint density at radius 3 is 2.26 bits per heavy atom. The largest absolute Gasteiger partial charge is 0.351 e. The second kappa shape index (κ2) is 14.9. The number of aryl methyl sites for hydroxylation is 1. The van der Waals surface area contributed by atoms with Crippen LogP contribution in [0.2, 0.25) is 5.02 Å². The summed E-state index contributed by atoms with van der Waals surface area (Å²) >= 11 is 6.22. The van der Waals surface area contributed by atoms with Crippen molar-refractivity contribution in [3.8, 4) is 0 Å². The van der Waals surface area contributed by atoms with Gasteiger partial charge in [0.25, 0.3) is 10.2 Å². The molecule has 2 aliphatic heterocycles. The summed E-state index contributed by atoms with van der Waals surface area (Å²) in [7, 11) is -5.64. The Morgan fingerprint density at radius 1 is 0.766 bits per heavy atom. The number of sulfonamides is 1. The normalized spacial score (nSPS) is 22.9. The molecule has 6 rings (SSSR count). The van der Waals surface area contributed by atoms with Crippen LogP contribution in [-0.2, 0) is 40.2 Å². The lowest BCUT2D eigenvalue weighted by Gasteiger charge is -2.36. The molecule has 2 fully saturated rings. The number of fused-ring (bicyclic) bond motifs is 2. The van der Waals surface area contributed by atoms with Gasteiger partial charge in [-0.1, -0.05) is 43.9 Å². The molecule has 47 heavy (non-hydrogen) atoms. The highest BCUT2D eigenvalue weighted by Gasteiger charge is 2.35. The van der Waals surface area contributed by atoms with Gasteiger partial charge in [0.2, 0.25) is 10.0 Å². The van der Waals surface area contributed by atoms with Crippen LogP contribution in [0.25, 0.3) is 10.9 Å². The van der Waals surface area contributed by atoms with Crippen LogP contribution in [0.5, 0.6) is 0 Å². The molecule has 1 atom stereocenters. The molecule has 12 heteroatoms. The zero-order valence-electron chi connectivity index (χ0n) is 27.9. The average Bonchev–Trinajstić information content (AvgIpc) is 3.42. The van der Waals surface area contributed by atoms with Gasteiger partial charge >= 0.3 is 0 Å². The van der Waals surface area contributed by atoms with Crippen molar-refractivity contribution in [3.05, 3.63) is 64.8 Å². The van der Waals surface area contributed by atoms with Gasteiger partial charge in [0.15, 0.2) is 0 Å². The van der Waals surface area contributed by atoms with Gasteiger partial charge in [-0.3, -0.25) is 0 Å². The standard InChI is InChI=1S/C35H50ClN5O4S2/c1-28-24-39(46(42,43)34-12-13-35-31(23-34)14-20-37(35)2)18-6-16-38(26-29-8-4-3-5-9-29)17-7-19-40(25-28)47(44,45)41-21-15-30-22-33(36)11-10-32(30)27-41/h10-14,20,22-23,28-29H,3-9,15-19,21,24-27H2,1-2H3/t28-/m0/s1. The van der Waals surface area contributed by atoms with E-state index in [1.165, 1.54) is 32.1 Å². The van der Waals surface area contributed by atoms with Gasteiger partial charge in [0.05, 0.1) is 4.90 Å². The molecule has 1 saturated heterocycles. The minimum absolute atomic E-state index is 0.200. The maximum Gasteiger partial charge on any atom is 0.282 e. The second-order valence-corrected chi connectivity index (χ2v) is 18.3. The highest BCUT2D eigenvalue weighted by atomic mass is 35.5. The van der Waals surface area contributed by atoms with Crippen molar-refractivity contribution in [2.45, 2.75) is 69.7 Å². The van der Waals surface area contributed by atoms with E-state index in [-0.39, 0.29) is 23.9 Å². The van der Waals surface area contributed by atoms with E-state index in [4.69, 9.17) is 11.6 Å². The molecule has 9 nitrogen and oxygen atoms in total. The third-order valence-electron chi connectivity index (χ3n) is 10.3. The first-order valence-electron chi connectivity index (χ1n) is 17.3. The zero-order valence-corrected chi connectivity index (χ0v) is 30.2. The van der Waals surface area contributed by atoms with E-state index in [2.05, 4.69) is 4.90 Å². The van der Waals surface area contributed by atoms with Gasteiger partial charge in [0, 0.05) is 75.0 Å². The number of aromatic nitrogens is 1. The number of halogens is 1. The fraction of sp³-hybridized carbons (Fsp3) is 0.600. The van der Waals surface area contributed by atoms with Gasteiger partial charge in [0.1, 0.15) is 0 Å². The van der Waals surface area contributed by atoms with E-state index < -0.39 is 20.2 Å². The van der Waals surface area contributed by atoms with E-state index in [9.17, 15) is 16.8 Å². The van der Waals surface area contributed by atoms with Gasteiger partial charge in [-0.2, -0.15) is 21.3 Å². The van der Waals surface area contributed by atoms with Crippen LogP contribution >= 0.6 is 11.6 Å². The van der Waals surface area contributed by atoms with E-state index in [1.807, 2.05) is 55.1 Å². The molecule has 3 aliphatic rings. The number of hydrogen-bond acceptors (Lipinski definition) is 5. The fourth-order valence-electron chi connectivity index (χ4n) is 7.76. The first kappa shape index (κ1) is 34.9. The Morgan fingerprint density at radius 2 is 1.49 bits per heavy atom. The smallest absolute Gasteiger partial charge is 0.282 e. The average molecular weight is 704 g/mol. The lowest BCUT2D eigenvalue weighted by Crippen LogP contribution is -2.49. The first-order chi connectivity index (χ1) is 22.5. The van der Waals surface area contributed by atoms with Crippen LogP contribution in [0.3, 0.4) is 0 Å². The summed E-state index contributed by atoms with van der Waals surface area (Å²) in [5.74, 6) is 0.449. The molecule has 1 aromatic heterocycles. The summed E-state index contributed by atoms with van der Waals surface area (Å²) < 4.78 is 63.8. The van der Waals surface area contributed by atoms with E-state index in [1.54, 1.807) is 25.0 Å². The van der Waals surface area contributed by atoms with Crippen LogP contribution in [0.15, 0.2) is 53.6 Å². The first-order valence-corrected chi connectivity index (χ1v) is 20.5. The third-order valence-corrected chi connectivity index (χ3v) is 14.4. The van der Waals surface area contributed by atoms with Gasteiger partial charge < -0.3 is 9.47 Å². The van der Waals surface area contributed by atoms with Gasteiger partial charge in [-0.15, -0.1) is 0 Å². The number of hydrogen-bond donors (Lipinski definition) is 0. The minimum atomic E-state index is -3.80. The fourth-order valence-corrected chi connectivity index (χ4v) is 11.3. The number of rotatable bonds is 6. The highest BCUT2D eigenvalue weighted by Crippen LogP contribution is 2.29. The third kappa shape index (κ3) is 8.09. The maximum absolute atomic E-state index is 14.3. The van der Waals surface area contributed by atoms with E-state index in [0.29, 0.717) is 43.5 Å². The van der Waals surface area contributed by atoms with Gasteiger partial charge in [-0.25, -0.2) is 8.42 Å². The molecule has 0 radical (unpaired) electrons. The lowest BCUT2D eigenvalue weighted by molar-refractivity contribution is 0.179. The van der Waals surface area contributed by atoms with Crippen molar-refractivity contribution < 1.29 is 16.8 Å². The molecule has 0 N–H and O–H groups in total. The monoisotopic (exact) mass is 703 g/mol. The molecule has 0 amide bonds. The van der Waals surface area contributed by atoms with Crippen LogP contribution in [0, 0.1) is 11.8 Å². The van der Waals surface area contributed by atoms with Crippen molar-refractivity contribution in [1.82, 2.24) is 22.4 Å². The molecule has 0 unspecified atom stereocenters. The van der Waals surface area contributed by atoms with Crippen LogP contribution in [-0.4, -0.2) is 91.6 Å². The minimum Gasteiger partial charge on any atom is -0.351 e. The lowest BCUT2D eigenvalue weighted by atomic mass is 9.89. The van der Waals surface area contributed by atoms with Crippen LogP contribution in [0.4, 0.5) is 0 Å². The molecule has 1 aliphatic carbocycles. The molecule has 2 aromatic carbocycles. The molecular weight excluding hydrogens is 654 g/mol. The van der Waals surface area contributed by atoms with Crippen LogP contribution in [0.1, 0.15) is 63.0 Å². The molecule has 3 aromatic rings. The predicted octanol–water partition coefficient (Wildman–Crippen LogP) is 5.74. The van der Waals surface area contributed by atoms with E-state index >= 15 is 0 Å². The Hall–Kier alpha value is -1.99. The number of nitrogens with zero attached hydrogens (tertiary/aromatic N) is 5. The Bertz CT molecular complexity index is 1760. The Balaban J connectivity index is 1.25. The SMILES string of the molecule is C[C@H]1CN(S(=O)(=O)c2ccc3c(ccn3C)c2)CCCN(CC2CCCCC2)CCCN(S(=O)(=O)N2CCc3cc(Cl)ccc3C2)C1. The topological polar surface area (TPSA) is 86.2 Å². The highest BCUT2D eigenvalue weighted by molar-refractivity contribution is 7.89. The van der Waals surface area contributed by atoms with Crippen molar-refractivity contribution in [2.75, 3.05) is 52.4 Å². The maximum atomic E-state index is 14.3. The molecule has 258 valence electrons. The summed E-state index contributed by atoms with van der Waals surface area (Å²) in [6, 6.07) is 13.0. The quantitative estimate of drug-likeness (QED) is 0.327. The summed E-state index contributed by atoms with van der Waals surface area (Å²) in [5, 5.41) is 1.55. The second-order valence-electron chi connectivity index (χ2n) is 14.0. The van der Waals surface area contributed by atoms with Crippen molar-refractivity contribution in [2.24, 2.45) is 18.9 Å². The van der Waals surface area contributed by atoms with Crippen LogP contribution < -0.4 is 0 Å². The predicted molar refractivity (Wildman–Crippen MR) is 189 cm³/mol. The number of benzene rings is 2.